The van der Waals surface area contributed by atoms with E-state index in [0.717, 1.165) is 0 Å². The predicted octanol–water partition coefficient (Wildman–Crippen LogP) is 1.30. The lowest BCUT2D eigenvalue weighted by atomic mass is 9.64. The monoisotopic (exact) mass is 266 g/mol. The highest BCUT2D eigenvalue weighted by Crippen LogP contribution is 2.54. The van der Waals surface area contributed by atoms with Crippen LogP contribution in [0.2, 0.25) is 0 Å². The maximum atomic E-state index is 11.9. The summed E-state index contributed by atoms with van der Waals surface area (Å²) >= 11 is 0. The number of carbonyl (C=O) groups is 2. The Balaban J connectivity index is 1.93. The highest BCUT2D eigenvalue weighted by Gasteiger charge is 2.60. The van der Waals surface area contributed by atoms with Crippen LogP contribution in [0.15, 0.2) is 12.2 Å². The van der Waals surface area contributed by atoms with Gasteiger partial charge in [-0.05, 0) is 25.7 Å². The Morgan fingerprint density at radius 2 is 2.21 bits per heavy atom. The fourth-order valence-electron chi connectivity index (χ4n) is 3.89. The van der Waals surface area contributed by atoms with E-state index >= 15 is 0 Å². The first-order valence-electron chi connectivity index (χ1n) is 6.65. The summed E-state index contributed by atoms with van der Waals surface area (Å²) in [5.74, 6) is -2.40. The molecule has 19 heavy (non-hydrogen) atoms. The van der Waals surface area contributed by atoms with E-state index in [0.29, 0.717) is 31.3 Å². The molecule has 1 N–H and O–H groups in total. The summed E-state index contributed by atoms with van der Waals surface area (Å²) in [7, 11) is 0. The second-order valence-electron chi connectivity index (χ2n) is 6.31. The van der Waals surface area contributed by atoms with Gasteiger partial charge in [0.1, 0.15) is 5.60 Å². The zero-order chi connectivity index (χ0) is 13.8. The summed E-state index contributed by atoms with van der Waals surface area (Å²) in [6.07, 6.45) is 2.48. The molecule has 0 aromatic carbocycles. The van der Waals surface area contributed by atoms with E-state index in [2.05, 4.69) is 6.58 Å². The lowest BCUT2D eigenvalue weighted by Crippen LogP contribution is -2.52. The lowest BCUT2D eigenvalue weighted by Gasteiger charge is -2.47. The Labute approximate surface area is 111 Å². The van der Waals surface area contributed by atoms with E-state index in [9.17, 15) is 14.7 Å². The minimum atomic E-state index is -1.47. The third-order valence-electron chi connectivity index (χ3n) is 4.38. The molecule has 4 bridgehead atoms. The van der Waals surface area contributed by atoms with Crippen molar-refractivity contribution in [3.63, 3.8) is 0 Å². The summed E-state index contributed by atoms with van der Waals surface area (Å²) in [6, 6.07) is 0. The lowest BCUT2D eigenvalue weighted by molar-refractivity contribution is -0.244. The molecule has 0 amide bonds. The van der Waals surface area contributed by atoms with Crippen molar-refractivity contribution >= 4 is 11.9 Å². The molecule has 104 valence electrons. The topological polar surface area (TPSA) is 72.8 Å². The van der Waals surface area contributed by atoms with Crippen molar-refractivity contribution in [2.75, 3.05) is 0 Å². The first kappa shape index (κ1) is 12.7. The maximum absolute atomic E-state index is 11.9. The second-order valence-corrected chi connectivity index (χ2v) is 6.31. The van der Waals surface area contributed by atoms with Crippen LogP contribution in [0.1, 0.15) is 39.0 Å². The normalized spacial score (nSPS) is 43.6. The molecule has 2 aliphatic carbocycles. The van der Waals surface area contributed by atoms with Crippen LogP contribution < -0.4 is 0 Å². The first-order valence-corrected chi connectivity index (χ1v) is 6.65. The molecule has 0 aromatic rings. The number of ether oxygens (including phenoxy) is 2. The van der Waals surface area contributed by atoms with E-state index in [1.807, 2.05) is 0 Å². The minimum absolute atomic E-state index is 0.168. The number of rotatable bonds is 2. The molecule has 5 heteroatoms. The SMILES string of the molecule is C=C(C)C(=O)OC12CC3CC(C1)C(=O)OC(O)(C3)C2. The van der Waals surface area contributed by atoms with Crippen molar-refractivity contribution in [2.24, 2.45) is 11.8 Å². The summed E-state index contributed by atoms with van der Waals surface area (Å²) in [6.45, 7) is 5.16. The van der Waals surface area contributed by atoms with E-state index < -0.39 is 17.4 Å². The number of esters is 2. The zero-order valence-corrected chi connectivity index (χ0v) is 11.0. The van der Waals surface area contributed by atoms with Crippen LogP contribution in [0.4, 0.5) is 0 Å². The van der Waals surface area contributed by atoms with Crippen LogP contribution in [0.5, 0.6) is 0 Å². The standard InChI is InChI=1S/C14H18O5/c1-8(2)11(15)18-13-4-9-3-10(6-13)12(16)19-14(17,5-9)7-13/h9-10,17H,1,3-7H2,2H3. The maximum Gasteiger partial charge on any atom is 0.333 e. The Kier molecular flexibility index (Phi) is 2.55. The molecule has 4 unspecified atom stereocenters. The molecule has 5 nitrogen and oxygen atoms in total. The summed E-state index contributed by atoms with van der Waals surface area (Å²) in [5.41, 5.74) is -0.448. The van der Waals surface area contributed by atoms with Gasteiger partial charge in [0, 0.05) is 18.4 Å². The van der Waals surface area contributed by atoms with Crippen molar-refractivity contribution < 1.29 is 24.2 Å². The van der Waals surface area contributed by atoms with E-state index in [1.54, 1.807) is 6.92 Å². The third-order valence-corrected chi connectivity index (χ3v) is 4.38. The van der Waals surface area contributed by atoms with Crippen molar-refractivity contribution in [1.82, 2.24) is 0 Å². The summed E-state index contributed by atoms with van der Waals surface area (Å²) < 4.78 is 10.8. The van der Waals surface area contributed by atoms with Gasteiger partial charge in [0.15, 0.2) is 0 Å². The Morgan fingerprint density at radius 3 is 2.89 bits per heavy atom. The molecule has 2 aliphatic heterocycles. The van der Waals surface area contributed by atoms with Gasteiger partial charge in [-0.3, -0.25) is 4.79 Å². The second kappa shape index (κ2) is 3.82. The summed E-state index contributed by atoms with van der Waals surface area (Å²) in [5, 5.41) is 10.4. The molecule has 4 aliphatic rings. The van der Waals surface area contributed by atoms with Gasteiger partial charge in [-0.1, -0.05) is 6.58 Å². The highest BCUT2D eigenvalue weighted by atomic mass is 16.7. The molecule has 2 saturated heterocycles. The van der Waals surface area contributed by atoms with Gasteiger partial charge in [-0.15, -0.1) is 0 Å². The molecular weight excluding hydrogens is 248 g/mol. The summed E-state index contributed by atoms with van der Waals surface area (Å²) in [4.78, 5) is 23.7. The van der Waals surface area contributed by atoms with Gasteiger partial charge >= 0.3 is 11.9 Å². The van der Waals surface area contributed by atoms with Gasteiger partial charge < -0.3 is 14.6 Å². The Bertz CT molecular complexity index is 470. The molecule has 2 heterocycles. The number of carbonyl (C=O) groups excluding carboxylic acids is 2. The largest absolute Gasteiger partial charge is 0.455 e. The third kappa shape index (κ3) is 2.06. The average molecular weight is 266 g/mol. The fourth-order valence-corrected chi connectivity index (χ4v) is 3.89. The molecule has 0 spiro atoms. The quantitative estimate of drug-likeness (QED) is 0.602. The molecule has 4 fully saturated rings. The Hall–Kier alpha value is -1.36. The van der Waals surface area contributed by atoms with E-state index in [-0.39, 0.29) is 24.2 Å². The van der Waals surface area contributed by atoms with Gasteiger partial charge in [0.05, 0.1) is 12.3 Å². The smallest absolute Gasteiger partial charge is 0.333 e. The van der Waals surface area contributed by atoms with Crippen molar-refractivity contribution in [3.05, 3.63) is 12.2 Å². The first-order chi connectivity index (χ1) is 8.81. The number of hydrogen-bond donors (Lipinski definition) is 1. The van der Waals surface area contributed by atoms with E-state index in [1.165, 1.54) is 0 Å². The molecule has 4 atom stereocenters. The minimum Gasteiger partial charge on any atom is -0.455 e. The van der Waals surface area contributed by atoms with Crippen LogP contribution >= 0.6 is 0 Å². The van der Waals surface area contributed by atoms with Crippen LogP contribution in [0, 0.1) is 11.8 Å². The number of hydrogen-bond acceptors (Lipinski definition) is 5. The zero-order valence-electron chi connectivity index (χ0n) is 11.0. The highest BCUT2D eigenvalue weighted by molar-refractivity contribution is 5.87. The van der Waals surface area contributed by atoms with Crippen molar-refractivity contribution in [2.45, 2.75) is 50.4 Å². The van der Waals surface area contributed by atoms with Crippen LogP contribution in [-0.4, -0.2) is 28.4 Å². The molecular formula is C14H18O5. The van der Waals surface area contributed by atoms with Crippen LogP contribution in [0.3, 0.4) is 0 Å². The van der Waals surface area contributed by atoms with Crippen molar-refractivity contribution in [1.29, 1.82) is 0 Å². The number of fused-ring (bicyclic) bond motifs is 1. The van der Waals surface area contributed by atoms with Gasteiger partial charge in [-0.25, -0.2) is 4.79 Å². The van der Waals surface area contributed by atoms with Crippen LogP contribution in [-0.2, 0) is 19.1 Å². The predicted molar refractivity (Wildman–Crippen MR) is 64.7 cm³/mol. The average Bonchev–Trinajstić information content (AvgIpc) is 2.37. The molecule has 4 rings (SSSR count). The molecule has 0 radical (unpaired) electrons. The van der Waals surface area contributed by atoms with Crippen molar-refractivity contribution in [3.8, 4) is 0 Å². The Morgan fingerprint density at radius 1 is 1.47 bits per heavy atom. The molecule has 0 aromatic heterocycles. The number of aliphatic hydroxyl groups is 1. The fraction of sp³-hybridized carbons (Fsp3) is 0.714. The van der Waals surface area contributed by atoms with Gasteiger partial charge in [-0.2, -0.15) is 0 Å². The van der Waals surface area contributed by atoms with Gasteiger partial charge in [0.25, 0.3) is 0 Å². The van der Waals surface area contributed by atoms with Crippen LogP contribution in [0.25, 0.3) is 0 Å². The van der Waals surface area contributed by atoms with Gasteiger partial charge in [0.2, 0.25) is 5.79 Å². The van der Waals surface area contributed by atoms with E-state index in [4.69, 9.17) is 9.47 Å². The molecule has 2 saturated carbocycles.